The van der Waals surface area contributed by atoms with Crippen LogP contribution in [0.25, 0.3) is 33.5 Å². The van der Waals surface area contributed by atoms with Gasteiger partial charge in [0.25, 0.3) is 0 Å². The lowest BCUT2D eigenvalue weighted by molar-refractivity contribution is 0.420. The first-order valence-corrected chi connectivity index (χ1v) is 15.1. The number of fused-ring (bicyclic) bond motifs is 2. The van der Waals surface area contributed by atoms with Gasteiger partial charge in [0.15, 0.2) is 0 Å². The average molecular weight is 576 g/mol. The second-order valence-corrected chi connectivity index (χ2v) is 11.8. The highest BCUT2D eigenvalue weighted by Gasteiger charge is 2.17. The van der Waals surface area contributed by atoms with E-state index in [1.54, 1.807) is 0 Å². The van der Waals surface area contributed by atoms with E-state index in [-0.39, 0.29) is 0 Å². The first-order valence-electron chi connectivity index (χ1n) is 15.1. The summed E-state index contributed by atoms with van der Waals surface area (Å²) < 4.78 is 0. The Balaban J connectivity index is 1.16. The van der Waals surface area contributed by atoms with E-state index in [0.717, 1.165) is 94.0 Å². The van der Waals surface area contributed by atoms with E-state index in [9.17, 15) is 0 Å². The van der Waals surface area contributed by atoms with Gasteiger partial charge in [-0.05, 0) is 92.9 Å². The van der Waals surface area contributed by atoms with Crippen LogP contribution in [0.1, 0.15) is 35.1 Å². The molecular formula is C39H37N5. The minimum atomic E-state index is 0.840. The average Bonchev–Trinajstić information content (AvgIpc) is 3.66. The van der Waals surface area contributed by atoms with Crippen molar-refractivity contribution in [1.29, 1.82) is 0 Å². The van der Waals surface area contributed by atoms with Crippen LogP contribution in [0.3, 0.4) is 0 Å². The molecule has 0 amide bonds. The molecule has 1 aliphatic heterocycles. The van der Waals surface area contributed by atoms with Gasteiger partial charge in [-0.1, -0.05) is 66.1 Å². The molecule has 1 aliphatic rings. The topological polar surface area (TPSA) is 47.5 Å². The van der Waals surface area contributed by atoms with Gasteiger partial charge in [0.05, 0.1) is 22.4 Å². The van der Waals surface area contributed by atoms with Gasteiger partial charge < -0.3 is 14.8 Å². The van der Waals surface area contributed by atoms with Crippen molar-refractivity contribution < 1.29 is 0 Å². The van der Waals surface area contributed by atoms with Crippen molar-refractivity contribution in [2.24, 2.45) is 4.99 Å². The third-order valence-corrected chi connectivity index (χ3v) is 7.72. The predicted molar refractivity (Wildman–Crippen MR) is 183 cm³/mol. The van der Waals surface area contributed by atoms with E-state index in [2.05, 4.69) is 152 Å². The SMILES string of the molecule is CN(C)CCC#Cc1ccc(C2=Nc3cc(-c4ccc5nc(-c6ccc(C#CCCN(C)C)cc6)[nH]c5c4)ccc3C2)cc1. The number of H-pyrrole nitrogens is 1. The second kappa shape index (κ2) is 13.1. The number of nitrogens with zero attached hydrogens (tertiary/aromatic N) is 4. The quantitative estimate of drug-likeness (QED) is 0.209. The van der Waals surface area contributed by atoms with Gasteiger partial charge in [0.1, 0.15) is 5.82 Å². The molecule has 44 heavy (non-hydrogen) atoms. The first kappa shape index (κ1) is 29.1. The van der Waals surface area contributed by atoms with Gasteiger partial charge in [-0.2, -0.15) is 0 Å². The Morgan fingerprint density at radius 2 is 1.23 bits per heavy atom. The predicted octanol–water partition coefficient (Wildman–Crippen LogP) is 7.18. The van der Waals surface area contributed by atoms with Gasteiger partial charge in [-0.3, -0.25) is 4.99 Å². The Labute approximate surface area is 260 Å². The van der Waals surface area contributed by atoms with Gasteiger partial charge in [-0.25, -0.2) is 4.98 Å². The fourth-order valence-corrected chi connectivity index (χ4v) is 5.20. The van der Waals surface area contributed by atoms with Crippen LogP contribution in [0, 0.1) is 23.7 Å². The lowest BCUT2D eigenvalue weighted by atomic mass is 9.99. The third-order valence-electron chi connectivity index (χ3n) is 7.72. The number of aromatic amines is 1. The molecule has 0 bridgehead atoms. The number of hydrogen-bond acceptors (Lipinski definition) is 4. The third kappa shape index (κ3) is 6.99. The molecule has 4 aromatic carbocycles. The molecule has 1 aromatic heterocycles. The van der Waals surface area contributed by atoms with Crippen LogP contribution < -0.4 is 0 Å². The highest BCUT2D eigenvalue weighted by Crippen LogP contribution is 2.34. The molecule has 0 saturated heterocycles. The molecule has 1 N–H and O–H groups in total. The van der Waals surface area contributed by atoms with Gasteiger partial charge in [0.2, 0.25) is 0 Å². The lowest BCUT2D eigenvalue weighted by Gasteiger charge is -2.04. The Morgan fingerprint density at radius 3 is 1.86 bits per heavy atom. The number of aromatic nitrogens is 2. The van der Waals surface area contributed by atoms with Crippen molar-refractivity contribution in [2.45, 2.75) is 19.3 Å². The molecule has 0 unspecified atom stereocenters. The minimum absolute atomic E-state index is 0.840. The van der Waals surface area contributed by atoms with E-state index >= 15 is 0 Å². The van der Waals surface area contributed by atoms with Crippen molar-refractivity contribution in [1.82, 2.24) is 19.8 Å². The molecule has 0 spiro atoms. The summed E-state index contributed by atoms with van der Waals surface area (Å²) in [5, 5.41) is 0. The Kier molecular flexibility index (Phi) is 8.71. The monoisotopic (exact) mass is 575 g/mol. The van der Waals surface area contributed by atoms with Crippen molar-refractivity contribution in [2.75, 3.05) is 41.3 Å². The zero-order chi connectivity index (χ0) is 30.5. The maximum Gasteiger partial charge on any atom is 0.138 e. The van der Waals surface area contributed by atoms with Crippen LogP contribution in [0.4, 0.5) is 5.69 Å². The number of imidazole rings is 1. The summed E-state index contributed by atoms with van der Waals surface area (Å²) in [6.07, 6.45) is 2.57. The fourth-order valence-electron chi connectivity index (χ4n) is 5.20. The number of benzene rings is 4. The molecule has 5 nitrogen and oxygen atoms in total. The number of nitrogens with one attached hydrogen (secondary N) is 1. The second-order valence-electron chi connectivity index (χ2n) is 11.8. The van der Waals surface area contributed by atoms with Crippen molar-refractivity contribution >= 4 is 22.4 Å². The summed E-state index contributed by atoms with van der Waals surface area (Å²) in [4.78, 5) is 17.7. The summed E-state index contributed by atoms with van der Waals surface area (Å²) >= 11 is 0. The molecule has 6 rings (SSSR count). The van der Waals surface area contributed by atoms with Crippen LogP contribution in [0.5, 0.6) is 0 Å². The summed E-state index contributed by atoms with van der Waals surface area (Å²) in [6, 6.07) is 29.8. The number of hydrogen-bond donors (Lipinski definition) is 1. The molecule has 0 atom stereocenters. The van der Waals surface area contributed by atoms with Crippen LogP contribution in [0.15, 0.2) is 89.9 Å². The molecule has 218 valence electrons. The van der Waals surface area contributed by atoms with Gasteiger partial charge >= 0.3 is 0 Å². The molecule has 0 radical (unpaired) electrons. The minimum Gasteiger partial charge on any atom is -0.338 e. The summed E-state index contributed by atoms with van der Waals surface area (Å²) in [7, 11) is 8.27. The van der Waals surface area contributed by atoms with E-state index in [0.29, 0.717) is 0 Å². The zero-order valence-electron chi connectivity index (χ0n) is 25.9. The smallest absolute Gasteiger partial charge is 0.138 e. The lowest BCUT2D eigenvalue weighted by Crippen LogP contribution is -2.11. The van der Waals surface area contributed by atoms with Crippen LogP contribution >= 0.6 is 0 Å². The number of rotatable bonds is 7. The summed E-state index contributed by atoms with van der Waals surface area (Å²) in [5.41, 5.74) is 11.9. The van der Waals surface area contributed by atoms with Crippen molar-refractivity contribution in [3.8, 4) is 46.2 Å². The van der Waals surface area contributed by atoms with E-state index < -0.39 is 0 Å². The molecule has 0 aliphatic carbocycles. The maximum absolute atomic E-state index is 5.02. The fraction of sp³-hybridized carbons (Fsp3) is 0.231. The largest absolute Gasteiger partial charge is 0.338 e. The van der Waals surface area contributed by atoms with Crippen LogP contribution in [-0.4, -0.2) is 66.8 Å². The van der Waals surface area contributed by atoms with E-state index in [1.807, 2.05) is 0 Å². The van der Waals surface area contributed by atoms with Crippen LogP contribution in [0.2, 0.25) is 0 Å². The van der Waals surface area contributed by atoms with Gasteiger partial charge in [-0.15, -0.1) is 0 Å². The van der Waals surface area contributed by atoms with Crippen molar-refractivity contribution in [3.63, 3.8) is 0 Å². The van der Waals surface area contributed by atoms with Crippen molar-refractivity contribution in [3.05, 3.63) is 107 Å². The molecule has 5 heteroatoms. The Morgan fingerprint density at radius 1 is 0.659 bits per heavy atom. The summed E-state index contributed by atoms with van der Waals surface area (Å²) in [5.74, 6) is 13.9. The first-order chi connectivity index (χ1) is 21.4. The highest BCUT2D eigenvalue weighted by molar-refractivity contribution is 6.07. The molecular weight excluding hydrogens is 538 g/mol. The van der Waals surface area contributed by atoms with E-state index in [1.165, 1.54) is 5.56 Å². The standard InChI is InChI=1S/C39H37N5/c1-43(2)23-7-5-9-28-11-15-30(16-12-28)36-27-34-20-19-32(25-37(34)40-36)33-21-22-35-38(26-33)42-39(41-35)31-17-13-29(14-18-31)10-6-8-24-44(3)4/h11-22,25-26H,7-8,23-24,27H2,1-4H3,(H,41,42). The normalized spacial score (nSPS) is 12.1. The van der Waals surface area contributed by atoms with Gasteiger partial charge in [0, 0.05) is 49.0 Å². The van der Waals surface area contributed by atoms with Crippen LogP contribution in [-0.2, 0) is 6.42 Å². The van der Waals surface area contributed by atoms with E-state index in [4.69, 9.17) is 9.98 Å². The molecule has 0 fully saturated rings. The highest BCUT2D eigenvalue weighted by atomic mass is 15.0. The molecule has 0 saturated carbocycles. The Bertz CT molecular complexity index is 1940. The Hall–Kier alpha value is -4.94. The molecule has 5 aromatic rings. The number of aliphatic imine (C=N–C) groups is 1. The molecule has 2 heterocycles. The zero-order valence-corrected chi connectivity index (χ0v) is 25.9. The maximum atomic E-state index is 5.02. The summed E-state index contributed by atoms with van der Waals surface area (Å²) in [6.45, 7) is 1.94.